The number of hydrogen-bond acceptors (Lipinski definition) is 3. The van der Waals surface area contributed by atoms with Gasteiger partial charge in [-0.3, -0.25) is 4.79 Å². The number of carbonyl (C=O) groups is 1. The van der Waals surface area contributed by atoms with Crippen molar-refractivity contribution in [3.8, 4) is 11.5 Å². The Kier molecular flexibility index (Phi) is 5.36. The van der Waals surface area contributed by atoms with Crippen molar-refractivity contribution in [1.82, 2.24) is 4.90 Å². The Labute approximate surface area is 129 Å². The van der Waals surface area contributed by atoms with E-state index in [-0.39, 0.29) is 18.3 Å². The van der Waals surface area contributed by atoms with Crippen LogP contribution in [0.5, 0.6) is 11.5 Å². The van der Waals surface area contributed by atoms with Crippen molar-refractivity contribution in [2.75, 3.05) is 20.8 Å². The molecule has 0 aliphatic carbocycles. The van der Waals surface area contributed by atoms with Crippen LogP contribution in [0.4, 0.5) is 4.39 Å². The quantitative estimate of drug-likeness (QED) is 0.823. The molecule has 0 atom stereocenters. The van der Waals surface area contributed by atoms with E-state index in [2.05, 4.69) is 0 Å². The molecule has 0 saturated carbocycles. The van der Waals surface area contributed by atoms with Gasteiger partial charge in [0.25, 0.3) is 5.91 Å². The molecular weight excluding hydrogens is 285 g/mol. The van der Waals surface area contributed by atoms with Crippen molar-refractivity contribution in [3.05, 3.63) is 59.9 Å². The first-order valence-corrected chi connectivity index (χ1v) is 6.84. The molecule has 4 nitrogen and oxygen atoms in total. The lowest BCUT2D eigenvalue weighted by Gasteiger charge is -2.17. The number of ether oxygens (including phenoxy) is 2. The van der Waals surface area contributed by atoms with E-state index in [4.69, 9.17) is 9.47 Å². The highest BCUT2D eigenvalue weighted by Gasteiger charge is 2.11. The fourth-order valence-electron chi connectivity index (χ4n) is 1.94. The zero-order chi connectivity index (χ0) is 15.9. The summed E-state index contributed by atoms with van der Waals surface area (Å²) in [4.78, 5) is 13.5. The molecule has 2 aromatic carbocycles. The molecule has 1 amide bonds. The van der Waals surface area contributed by atoms with E-state index in [1.165, 1.54) is 17.0 Å². The van der Waals surface area contributed by atoms with Crippen molar-refractivity contribution >= 4 is 5.91 Å². The number of nitrogens with zero attached hydrogens (tertiary/aromatic N) is 1. The molecule has 22 heavy (non-hydrogen) atoms. The Morgan fingerprint density at radius 1 is 1.14 bits per heavy atom. The zero-order valence-corrected chi connectivity index (χ0v) is 12.6. The van der Waals surface area contributed by atoms with Crippen LogP contribution in [0.15, 0.2) is 48.5 Å². The van der Waals surface area contributed by atoms with E-state index in [0.29, 0.717) is 18.0 Å². The molecule has 0 radical (unpaired) electrons. The minimum atomic E-state index is -0.314. The van der Waals surface area contributed by atoms with Crippen LogP contribution in [0.2, 0.25) is 0 Å². The van der Waals surface area contributed by atoms with Gasteiger partial charge in [-0.25, -0.2) is 4.39 Å². The second-order valence-electron chi connectivity index (χ2n) is 4.85. The second kappa shape index (κ2) is 7.45. The van der Waals surface area contributed by atoms with Gasteiger partial charge in [0, 0.05) is 19.7 Å². The lowest BCUT2D eigenvalue weighted by Crippen LogP contribution is -2.30. The van der Waals surface area contributed by atoms with Gasteiger partial charge in [-0.2, -0.15) is 0 Å². The molecular formula is C17H18FNO3. The summed E-state index contributed by atoms with van der Waals surface area (Å²) in [6.45, 7) is 0.247. The molecule has 0 fully saturated rings. The maximum absolute atomic E-state index is 13.1. The lowest BCUT2D eigenvalue weighted by atomic mass is 10.2. The van der Waals surface area contributed by atoms with Gasteiger partial charge in [-0.15, -0.1) is 0 Å². The smallest absolute Gasteiger partial charge is 0.260 e. The Morgan fingerprint density at radius 3 is 2.59 bits per heavy atom. The molecule has 2 aromatic rings. The maximum Gasteiger partial charge on any atom is 0.260 e. The van der Waals surface area contributed by atoms with Gasteiger partial charge in [-0.05, 0) is 29.8 Å². The molecule has 0 heterocycles. The average Bonchev–Trinajstić information content (AvgIpc) is 2.52. The Balaban J connectivity index is 1.88. The van der Waals surface area contributed by atoms with E-state index >= 15 is 0 Å². The van der Waals surface area contributed by atoms with Crippen LogP contribution >= 0.6 is 0 Å². The summed E-state index contributed by atoms with van der Waals surface area (Å²) in [7, 11) is 3.22. The first-order chi connectivity index (χ1) is 10.6. The maximum atomic E-state index is 13.1. The van der Waals surface area contributed by atoms with Gasteiger partial charge >= 0.3 is 0 Å². The molecule has 0 aliphatic rings. The summed E-state index contributed by atoms with van der Waals surface area (Å²) in [6.07, 6.45) is 0. The first-order valence-electron chi connectivity index (χ1n) is 6.84. The summed E-state index contributed by atoms with van der Waals surface area (Å²) in [5.41, 5.74) is 0.734. The number of methoxy groups -OCH3 is 1. The standard InChI is InChI=1S/C17H18FNO3/c1-19(11-13-5-3-6-14(18)9-13)17(20)12-22-16-8-4-7-15(10-16)21-2/h3-10H,11-12H2,1-2H3. The van der Waals surface area contributed by atoms with Crippen molar-refractivity contribution in [2.45, 2.75) is 6.54 Å². The van der Waals surface area contributed by atoms with Crippen LogP contribution in [-0.4, -0.2) is 31.6 Å². The molecule has 2 rings (SSSR count). The summed E-state index contributed by atoms with van der Waals surface area (Å²) in [5.74, 6) is 0.725. The summed E-state index contributed by atoms with van der Waals surface area (Å²) in [5, 5.41) is 0. The predicted molar refractivity (Wildman–Crippen MR) is 81.4 cm³/mol. The Morgan fingerprint density at radius 2 is 1.86 bits per heavy atom. The molecule has 0 aliphatic heterocycles. The van der Waals surface area contributed by atoms with Crippen molar-refractivity contribution in [3.63, 3.8) is 0 Å². The van der Waals surface area contributed by atoms with Crippen molar-refractivity contribution < 1.29 is 18.7 Å². The third-order valence-corrected chi connectivity index (χ3v) is 3.14. The average molecular weight is 303 g/mol. The van der Waals surface area contributed by atoms with Gasteiger partial charge in [0.1, 0.15) is 17.3 Å². The number of benzene rings is 2. The van der Waals surface area contributed by atoms with E-state index < -0.39 is 0 Å². The number of likely N-dealkylation sites (N-methyl/N-ethyl adjacent to an activating group) is 1. The topological polar surface area (TPSA) is 38.8 Å². The van der Waals surface area contributed by atoms with Gasteiger partial charge in [0.15, 0.2) is 6.61 Å². The summed E-state index contributed by atoms with van der Waals surface area (Å²) < 4.78 is 23.7. The number of rotatable bonds is 6. The van der Waals surface area contributed by atoms with E-state index in [1.54, 1.807) is 50.6 Å². The molecule has 0 unspecified atom stereocenters. The zero-order valence-electron chi connectivity index (χ0n) is 12.6. The Bertz CT molecular complexity index is 645. The fourth-order valence-corrected chi connectivity index (χ4v) is 1.94. The number of amides is 1. The lowest BCUT2D eigenvalue weighted by molar-refractivity contribution is -0.132. The summed E-state index contributed by atoms with van der Waals surface area (Å²) >= 11 is 0. The number of hydrogen-bond donors (Lipinski definition) is 0. The minimum absolute atomic E-state index is 0.0843. The first kappa shape index (κ1) is 15.8. The van der Waals surface area contributed by atoms with Gasteiger partial charge in [-0.1, -0.05) is 18.2 Å². The molecule has 0 aromatic heterocycles. The minimum Gasteiger partial charge on any atom is -0.497 e. The number of carbonyl (C=O) groups excluding carboxylic acids is 1. The van der Waals surface area contributed by atoms with Gasteiger partial charge < -0.3 is 14.4 Å². The fraction of sp³-hybridized carbons (Fsp3) is 0.235. The SMILES string of the molecule is COc1cccc(OCC(=O)N(C)Cc2cccc(F)c2)c1. The van der Waals surface area contributed by atoms with Crippen LogP contribution in [0.1, 0.15) is 5.56 Å². The van der Waals surface area contributed by atoms with E-state index in [0.717, 1.165) is 5.56 Å². The third-order valence-electron chi connectivity index (χ3n) is 3.14. The highest BCUT2D eigenvalue weighted by atomic mass is 19.1. The molecule has 0 spiro atoms. The van der Waals surface area contributed by atoms with Crippen LogP contribution < -0.4 is 9.47 Å². The van der Waals surface area contributed by atoms with Gasteiger partial charge in [0.2, 0.25) is 0 Å². The van der Waals surface area contributed by atoms with Crippen LogP contribution in [0.25, 0.3) is 0 Å². The van der Waals surface area contributed by atoms with Crippen LogP contribution in [0.3, 0.4) is 0 Å². The molecule has 0 N–H and O–H groups in total. The monoisotopic (exact) mass is 303 g/mol. The normalized spacial score (nSPS) is 10.1. The highest BCUT2D eigenvalue weighted by Crippen LogP contribution is 2.18. The summed E-state index contributed by atoms with van der Waals surface area (Å²) in [6, 6.07) is 13.2. The van der Waals surface area contributed by atoms with Crippen LogP contribution in [-0.2, 0) is 11.3 Å². The third kappa shape index (κ3) is 4.48. The predicted octanol–water partition coefficient (Wildman–Crippen LogP) is 2.87. The van der Waals surface area contributed by atoms with Crippen molar-refractivity contribution in [2.24, 2.45) is 0 Å². The molecule has 0 bridgehead atoms. The largest absolute Gasteiger partial charge is 0.497 e. The highest BCUT2D eigenvalue weighted by molar-refractivity contribution is 5.77. The van der Waals surface area contributed by atoms with Crippen LogP contribution in [0, 0.1) is 5.82 Å². The molecule has 0 saturated heterocycles. The van der Waals surface area contributed by atoms with E-state index in [9.17, 15) is 9.18 Å². The molecule has 5 heteroatoms. The molecule has 116 valence electrons. The van der Waals surface area contributed by atoms with Crippen molar-refractivity contribution in [1.29, 1.82) is 0 Å². The van der Waals surface area contributed by atoms with Gasteiger partial charge in [0.05, 0.1) is 7.11 Å². The number of halogens is 1. The second-order valence-corrected chi connectivity index (χ2v) is 4.85. The Hall–Kier alpha value is -2.56. The van der Waals surface area contributed by atoms with E-state index in [1.807, 2.05) is 0 Å².